The summed E-state index contributed by atoms with van der Waals surface area (Å²) in [4.78, 5) is 17.8. The normalized spacial score (nSPS) is 22.6. The van der Waals surface area contributed by atoms with Crippen LogP contribution in [0.2, 0.25) is 0 Å². The third kappa shape index (κ3) is 1.96. The smallest absolute Gasteiger partial charge is 0.257 e. The van der Waals surface area contributed by atoms with Crippen molar-refractivity contribution in [3.8, 4) is 0 Å². The standard InChI is InChI=1S/C10H11N3O2S/c1-15-10(16)12-7-6-11-8-4-2-3-5-13(8)9(7)14/h2-5,7H,6H2,1H3,(H,12,16). The van der Waals surface area contributed by atoms with E-state index >= 15 is 0 Å². The van der Waals surface area contributed by atoms with Crippen LogP contribution in [0, 0.1) is 0 Å². The molecule has 2 aliphatic rings. The maximum Gasteiger partial charge on any atom is 0.257 e. The summed E-state index contributed by atoms with van der Waals surface area (Å²) in [6.07, 6.45) is 7.11. The van der Waals surface area contributed by atoms with Crippen LogP contribution in [0.25, 0.3) is 0 Å². The van der Waals surface area contributed by atoms with Gasteiger partial charge in [0.25, 0.3) is 11.1 Å². The first kappa shape index (κ1) is 10.8. The molecule has 0 fully saturated rings. The third-order valence-corrected chi connectivity index (χ3v) is 2.57. The molecule has 0 bridgehead atoms. The van der Waals surface area contributed by atoms with Crippen molar-refractivity contribution in [2.45, 2.75) is 6.04 Å². The fraction of sp³-hybridized carbons (Fsp3) is 0.300. The average molecular weight is 237 g/mol. The highest BCUT2D eigenvalue weighted by molar-refractivity contribution is 7.80. The van der Waals surface area contributed by atoms with Crippen molar-refractivity contribution < 1.29 is 9.53 Å². The quantitative estimate of drug-likeness (QED) is 0.662. The fourth-order valence-electron chi connectivity index (χ4n) is 1.49. The first-order valence-corrected chi connectivity index (χ1v) is 5.20. The van der Waals surface area contributed by atoms with Crippen molar-refractivity contribution in [2.75, 3.05) is 13.7 Å². The molecule has 0 saturated carbocycles. The molecule has 2 aliphatic heterocycles. The highest BCUT2D eigenvalue weighted by Crippen LogP contribution is 2.11. The lowest BCUT2D eigenvalue weighted by Crippen LogP contribution is -2.53. The van der Waals surface area contributed by atoms with Crippen LogP contribution in [-0.4, -0.2) is 41.5 Å². The average Bonchev–Trinajstić information content (AvgIpc) is 2.33. The fourth-order valence-corrected chi connectivity index (χ4v) is 1.63. The van der Waals surface area contributed by atoms with Crippen molar-refractivity contribution in [1.82, 2.24) is 10.2 Å². The van der Waals surface area contributed by atoms with Gasteiger partial charge in [0.15, 0.2) is 0 Å². The van der Waals surface area contributed by atoms with E-state index in [-0.39, 0.29) is 11.1 Å². The summed E-state index contributed by atoms with van der Waals surface area (Å²) in [6, 6.07) is -0.452. The second-order valence-electron chi connectivity index (χ2n) is 3.30. The molecule has 0 radical (unpaired) electrons. The first-order chi connectivity index (χ1) is 7.72. The summed E-state index contributed by atoms with van der Waals surface area (Å²) in [6.45, 7) is 0.367. The molecule has 6 heteroatoms. The van der Waals surface area contributed by atoms with E-state index in [1.165, 1.54) is 12.0 Å². The molecule has 5 nitrogen and oxygen atoms in total. The number of allylic oxidation sites excluding steroid dienone is 2. The molecule has 2 heterocycles. The summed E-state index contributed by atoms with van der Waals surface area (Å²) in [5.41, 5.74) is 0. The maximum atomic E-state index is 12.0. The van der Waals surface area contributed by atoms with Gasteiger partial charge in [0.1, 0.15) is 11.9 Å². The van der Waals surface area contributed by atoms with Crippen LogP contribution in [0.5, 0.6) is 0 Å². The predicted molar refractivity (Wildman–Crippen MR) is 64.0 cm³/mol. The molecule has 0 aromatic rings. The van der Waals surface area contributed by atoms with Crippen LogP contribution in [0.15, 0.2) is 29.4 Å². The van der Waals surface area contributed by atoms with E-state index in [0.29, 0.717) is 12.4 Å². The van der Waals surface area contributed by atoms with E-state index in [2.05, 4.69) is 10.3 Å². The Bertz CT molecular complexity index is 414. The molecule has 0 saturated heterocycles. The maximum absolute atomic E-state index is 12.0. The molecule has 0 aromatic carbocycles. The highest BCUT2D eigenvalue weighted by Gasteiger charge is 2.30. The van der Waals surface area contributed by atoms with E-state index < -0.39 is 6.04 Å². The topological polar surface area (TPSA) is 53.9 Å². The van der Waals surface area contributed by atoms with Gasteiger partial charge in [0, 0.05) is 6.20 Å². The Balaban J connectivity index is 2.13. The molecular weight excluding hydrogens is 226 g/mol. The van der Waals surface area contributed by atoms with Crippen molar-refractivity contribution >= 4 is 29.1 Å². The Morgan fingerprint density at radius 2 is 2.50 bits per heavy atom. The molecule has 0 aromatic heterocycles. The predicted octanol–water partition coefficient (Wildman–Crippen LogP) is 0.200. The lowest BCUT2D eigenvalue weighted by Gasteiger charge is -2.29. The number of thiocarbonyl (C=S) groups is 1. The van der Waals surface area contributed by atoms with Gasteiger partial charge in [-0.3, -0.25) is 14.7 Å². The SMILES string of the molecule is COC(=S)NC1CN=C2C=CC=CN2C1=O. The van der Waals surface area contributed by atoms with Gasteiger partial charge in [-0.2, -0.15) is 0 Å². The molecule has 2 rings (SSSR count). The Labute approximate surface area is 98.5 Å². The number of hydrogen-bond acceptors (Lipinski definition) is 4. The summed E-state index contributed by atoms with van der Waals surface area (Å²) in [5.74, 6) is 0.582. The van der Waals surface area contributed by atoms with Crippen molar-refractivity contribution in [2.24, 2.45) is 4.99 Å². The van der Waals surface area contributed by atoms with E-state index in [1.54, 1.807) is 18.4 Å². The van der Waals surface area contributed by atoms with Gasteiger partial charge >= 0.3 is 0 Å². The van der Waals surface area contributed by atoms with Crippen molar-refractivity contribution in [3.05, 3.63) is 24.4 Å². The van der Waals surface area contributed by atoms with E-state index in [0.717, 1.165) is 0 Å². The summed E-state index contributed by atoms with van der Waals surface area (Å²) in [5, 5.41) is 3.01. The number of aliphatic imine (C=N–C) groups is 1. The number of fused-ring (bicyclic) bond motifs is 1. The Hall–Kier alpha value is -1.69. The molecule has 1 unspecified atom stereocenters. The minimum absolute atomic E-state index is 0.0787. The van der Waals surface area contributed by atoms with Crippen LogP contribution in [0.1, 0.15) is 0 Å². The number of amides is 1. The number of hydrogen-bond donors (Lipinski definition) is 1. The van der Waals surface area contributed by atoms with Crippen LogP contribution in [-0.2, 0) is 9.53 Å². The second-order valence-corrected chi connectivity index (χ2v) is 3.67. The molecule has 84 valence electrons. The van der Waals surface area contributed by atoms with Crippen LogP contribution < -0.4 is 5.32 Å². The number of nitrogens with zero attached hydrogens (tertiary/aromatic N) is 2. The van der Waals surface area contributed by atoms with Crippen LogP contribution in [0.4, 0.5) is 0 Å². The van der Waals surface area contributed by atoms with Gasteiger partial charge < -0.3 is 10.1 Å². The summed E-state index contributed by atoms with van der Waals surface area (Å²) >= 11 is 4.85. The van der Waals surface area contributed by atoms with E-state index in [9.17, 15) is 4.79 Å². The Morgan fingerprint density at radius 3 is 3.25 bits per heavy atom. The number of nitrogens with one attached hydrogen (secondary N) is 1. The Kier molecular flexibility index (Phi) is 3.00. The lowest BCUT2D eigenvalue weighted by molar-refractivity contribution is -0.127. The minimum atomic E-state index is -0.452. The summed E-state index contributed by atoms with van der Waals surface area (Å²) in [7, 11) is 1.46. The molecule has 16 heavy (non-hydrogen) atoms. The lowest BCUT2D eigenvalue weighted by atomic mass is 10.2. The first-order valence-electron chi connectivity index (χ1n) is 4.79. The number of methoxy groups -OCH3 is 1. The molecule has 1 N–H and O–H groups in total. The van der Waals surface area contributed by atoms with Gasteiger partial charge in [-0.1, -0.05) is 6.08 Å². The molecule has 1 amide bonds. The Morgan fingerprint density at radius 1 is 1.69 bits per heavy atom. The second kappa shape index (κ2) is 4.44. The molecule has 1 atom stereocenters. The van der Waals surface area contributed by atoms with Gasteiger partial charge in [0.2, 0.25) is 0 Å². The number of carbonyl (C=O) groups is 1. The third-order valence-electron chi connectivity index (χ3n) is 2.29. The monoisotopic (exact) mass is 237 g/mol. The largest absolute Gasteiger partial charge is 0.474 e. The van der Waals surface area contributed by atoms with Gasteiger partial charge in [-0.05, 0) is 24.4 Å². The molecule has 0 aliphatic carbocycles. The van der Waals surface area contributed by atoms with Gasteiger partial charge in [-0.15, -0.1) is 0 Å². The van der Waals surface area contributed by atoms with Gasteiger partial charge in [-0.25, -0.2) is 0 Å². The zero-order valence-electron chi connectivity index (χ0n) is 8.71. The summed E-state index contributed by atoms with van der Waals surface area (Å²) < 4.78 is 4.81. The molecule has 0 spiro atoms. The zero-order chi connectivity index (χ0) is 11.5. The number of ether oxygens (including phenoxy) is 1. The van der Waals surface area contributed by atoms with Crippen molar-refractivity contribution in [1.29, 1.82) is 0 Å². The number of carbonyl (C=O) groups excluding carboxylic acids is 1. The zero-order valence-corrected chi connectivity index (χ0v) is 9.53. The number of rotatable bonds is 1. The van der Waals surface area contributed by atoms with Crippen LogP contribution in [0.3, 0.4) is 0 Å². The van der Waals surface area contributed by atoms with Crippen molar-refractivity contribution in [3.63, 3.8) is 0 Å². The minimum Gasteiger partial charge on any atom is -0.474 e. The van der Waals surface area contributed by atoms with Crippen LogP contribution >= 0.6 is 12.2 Å². The highest BCUT2D eigenvalue weighted by atomic mass is 32.1. The number of amidine groups is 1. The van der Waals surface area contributed by atoms with E-state index in [1.807, 2.05) is 6.08 Å². The van der Waals surface area contributed by atoms with Gasteiger partial charge in [0.05, 0.1) is 13.7 Å². The molecular formula is C10H11N3O2S. The van der Waals surface area contributed by atoms with E-state index in [4.69, 9.17) is 17.0 Å².